The lowest BCUT2D eigenvalue weighted by Gasteiger charge is -2.04. The van der Waals surface area contributed by atoms with Crippen molar-refractivity contribution >= 4 is 16.5 Å². The topological polar surface area (TPSA) is 43.8 Å². The minimum Gasteiger partial charge on any atom is -0.399 e. The molecular formula is C17H19N3. The van der Waals surface area contributed by atoms with Gasteiger partial charge in [0.05, 0.1) is 6.20 Å². The van der Waals surface area contributed by atoms with E-state index in [4.69, 9.17) is 5.73 Å². The lowest BCUT2D eigenvalue weighted by atomic mass is 10.0. The van der Waals surface area contributed by atoms with Gasteiger partial charge in [0.15, 0.2) is 0 Å². The smallest absolute Gasteiger partial charge is 0.0568 e. The second-order valence-electron chi connectivity index (χ2n) is 5.67. The molecule has 1 heterocycles. The zero-order chi connectivity index (χ0) is 14.1. The van der Waals surface area contributed by atoms with Crippen LogP contribution in [0.5, 0.6) is 0 Å². The molecule has 0 amide bonds. The third-order valence-corrected chi connectivity index (χ3v) is 3.38. The molecule has 0 aliphatic rings. The molecular weight excluding hydrogens is 246 g/mol. The fourth-order valence-corrected chi connectivity index (χ4v) is 2.43. The lowest BCUT2D eigenvalue weighted by molar-refractivity contribution is 0.483. The largest absolute Gasteiger partial charge is 0.399 e. The summed E-state index contributed by atoms with van der Waals surface area (Å²) in [5.41, 5.74) is 8.96. The van der Waals surface area contributed by atoms with Crippen LogP contribution in [0.25, 0.3) is 21.9 Å². The van der Waals surface area contributed by atoms with Crippen molar-refractivity contribution in [2.24, 2.45) is 5.92 Å². The zero-order valence-corrected chi connectivity index (χ0v) is 11.9. The second kappa shape index (κ2) is 5.00. The second-order valence-corrected chi connectivity index (χ2v) is 5.67. The van der Waals surface area contributed by atoms with E-state index in [2.05, 4.69) is 49.4 Å². The molecule has 1 aromatic heterocycles. The summed E-state index contributed by atoms with van der Waals surface area (Å²) >= 11 is 0. The summed E-state index contributed by atoms with van der Waals surface area (Å²) in [7, 11) is 0. The van der Waals surface area contributed by atoms with Crippen LogP contribution in [-0.4, -0.2) is 9.78 Å². The Morgan fingerprint density at radius 3 is 2.60 bits per heavy atom. The highest BCUT2D eigenvalue weighted by atomic mass is 15.3. The standard InChI is InChI=1S/C17H19N3/c1-12(2)10-20-11-16(9-19-20)14-3-4-15-8-17(18)6-5-13(15)7-14/h3-9,11-12H,10,18H2,1-2H3. The van der Waals surface area contributed by atoms with Gasteiger partial charge in [-0.25, -0.2) is 0 Å². The van der Waals surface area contributed by atoms with E-state index in [1.54, 1.807) is 0 Å². The number of aromatic nitrogens is 2. The molecule has 0 atom stereocenters. The van der Waals surface area contributed by atoms with E-state index < -0.39 is 0 Å². The molecule has 0 fully saturated rings. The van der Waals surface area contributed by atoms with Crippen LogP contribution in [0.15, 0.2) is 48.8 Å². The average Bonchev–Trinajstić information content (AvgIpc) is 2.85. The van der Waals surface area contributed by atoms with E-state index in [-0.39, 0.29) is 0 Å². The van der Waals surface area contributed by atoms with Crippen molar-refractivity contribution < 1.29 is 0 Å². The van der Waals surface area contributed by atoms with Crippen LogP contribution < -0.4 is 5.73 Å². The Morgan fingerprint density at radius 2 is 1.80 bits per heavy atom. The Bertz CT molecular complexity index is 741. The lowest BCUT2D eigenvalue weighted by Crippen LogP contribution is -2.03. The molecule has 3 aromatic rings. The minimum absolute atomic E-state index is 0.599. The van der Waals surface area contributed by atoms with Gasteiger partial charge in [-0.15, -0.1) is 0 Å². The molecule has 0 aliphatic carbocycles. The number of nitrogens with two attached hydrogens (primary N) is 1. The highest BCUT2D eigenvalue weighted by Gasteiger charge is 2.04. The number of benzene rings is 2. The minimum atomic E-state index is 0.599. The molecule has 20 heavy (non-hydrogen) atoms. The van der Waals surface area contributed by atoms with Crippen molar-refractivity contribution in [3.8, 4) is 11.1 Å². The highest BCUT2D eigenvalue weighted by molar-refractivity contribution is 5.89. The Labute approximate surface area is 119 Å². The number of hydrogen-bond donors (Lipinski definition) is 1. The van der Waals surface area contributed by atoms with Crippen LogP contribution in [0.3, 0.4) is 0 Å². The van der Waals surface area contributed by atoms with Gasteiger partial charge in [-0.05, 0) is 40.5 Å². The number of nitrogens with zero attached hydrogens (tertiary/aromatic N) is 2. The van der Waals surface area contributed by atoms with E-state index in [1.807, 2.05) is 23.0 Å². The fourth-order valence-electron chi connectivity index (χ4n) is 2.43. The van der Waals surface area contributed by atoms with Gasteiger partial charge in [-0.3, -0.25) is 4.68 Å². The zero-order valence-electron chi connectivity index (χ0n) is 11.9. The molecule has 102 valence electrons. The molecule has 0 bridgehead atoms. The predicted octanol–water partition coefficient (Wildman–Crippen LogP) is 3.94. The van der Waals surface area contributed by atoms with Crippen LogP contribution >= 0.6 is 0 Å². The summed E-state index contributed by atoms with van der Waals surface area (Å²) < 4.78 is 2.01. The van der Waals surface area contributed by atoms with Gasteiger partial charge in [0, 0.05) is 24.0 Å². The molecule has 3 nitrogen and oxygen atoms in total. The summed E-state index contributed by atoms with van der Waals surface area (Å²) in [6, 6.07) is 12.4. The first kappa shape index (κ1) is 12.7. The molecule has 0 radical (unpaired) electrons. The monoisotopic (exact) mass is 265 g/mol. The molecule has 3 heteroatoms. The molecule has 0 spiro atoms. The van der Waals surface area contributed by atoms with Crippen LogP contribution in [-0.2, 0) is 6.54 Å². The number of fused-ring (bicyclic) bond motifs is 1. The number of rotatable bonds is 3. The van der Waals surface area contributed by atoms with Gasteiger partial charge in [0.2, 0.25) is 0 Å². The van der Waals surface area contributed by atoms with Gasteiger partial charge in [0.25, 0.3) is 0 Å². The molecule has 2 aromatic carbocycles. The molecule has 0 aliphatic heterocycles. The highest BCUT2D eigenvalue weighted by Crippen LogP contribution is 2.25. The Morgan fingerprint density at radius 1 is 1.05 bits per heavy atom. The summed E-state index contributed by atoms with van der Waals surface area (Å²) in [5, 5.41) is 6.80. The summed E-state index contributed by atoms with van der Waals surface area (Å²) in [4.78, 5) is 0. The quantitative estimate of drug-likeness (QED) is 0.729. The Hall–Kier alpha value is -2.29. The first-order chi connectivity index (χ1) is 9.61. The summed E-state index contributed by atoms with van der Waals surface area (Å²) in [5.74, 6) is 0.599. The third kappa shape index (κ3) is 2.52. The van der Waals surface area contributed by atoms with Crippen molar-refractivity contribution in [2.75, 3.05) is 5.73 Å². The van der Waals surface area contributed by atoms with E-state index in [0.29, 0.717) is 5.92 Å². The average molecular weight is 265 g/mol. The van der Waals surface area contributed by atoms with E-state index in [9.17, 15) is 0 Å². The normalized spacial score (nSPS) is 11.3. The van der Waals surface area contributed by atoms with Gasteiger partial charge < -0.3 is 5.73 Å². The third-order valence-electron chi connectivity index (χ3n) is 3.38. The Balaban J connectivity index is 1.97. The molecule has 0 unspecified atom stereocenters. The number of nitrogen functional groups attached to an aromatic ring is 1. The first-order valence-electron chi connectivity index (χ1n) is 6.94. The predicted molar refractivity (Wildman–Crippen MR) is 84.4 cm³/mol. The van der Waals surface area contributed by atoms with Gasteiger partial charge in [0.1, 0.15) is 0 Å². The summed E-state index contributed by atoms with van der Waals surface area (Å²) in [6.45, 7) is 5.34. The Kier molecular flexibility index (Phi) is 3.18. The van der Waals surface area contributed by atoms with Crippen LogP contribution in [0.1, 0.15) is 13.8 Å². The maximum atomic E-state index is 5.81. The summed E-state index contributed by atoms with van der Waals surface area (Å²) in [6.07, 6.45) is 4.04. The molecule has 3 rings (SSSR count). The SMILES string of the molecule is CC(C)Cn1cc(-c2ccc3cc(N)ccc3c2)cn1. The molecule has 0 saturated carbocycles. The molecule has 0 saturated heterocycles. The number of anilines is 1. The van der Waals surface area contributed by atoms with E-state index >= 15 is 0 Å². The maximum absolute atomic E-state index is 5.81. The van der Waals surface area contributed by atoms with Crippen LogP contribution in [0.4, 0.5) is 5.69 Å². The van der Waals surface area contributed by atoms with E-state index in [1.165, 1.54) is 16.3 Å². The van der Waals surface area contributed by atoms with Crippen molar-refractivity contribution in [3.63, 3.8) is 0 Å². The van der Waals surface area contributed by atoms with Gasteiger partial charge >= 0.3 is 0 Å². The van der Waals surface area contributed by atoms with Crippen molar-refractivity contribution in [2.45, 2.75) is 20.4 Å². The number of hydrogen-bond acceptors (Lipinski definition) is 2. The van der Waals surface area contributed by atoms with Crippen molar-refractivity contribution in [3.05, 3.63) is 48.8 Å². The fraction of sp³-hybridized carbons (Fsp3) is 0.235. The van der Waals surface area contributed by atoms with Crippen LogP contribution in [0, 0.1) is 5.92 Å². The van der Waals surface area contributed by atoms with Gasteiger partial charge in [-0.2, -0.15) is 5.10 Å². The van der Waals surface area contributed by atoms with Crippen molar-refractivity contribution in [1.82, 2.24) is 9.78 Å². The van der Waals surface area contributed by atoms with E-state index in [0.717, 1.165) is 17.8 Å². The molecule has 2 N–H and O–H groups in total. The van der Waals surface area contributed by atoms with Crippen molar-refractivity contribution in [1.29, 1.82) is 0 Å². The maximum Gasteiger partial charge on any atom is 0.0568 e. The van der Waals surface area contributed by atoms with Gasteiger partial charge in [-0.1, -0.05) is 32.0 Å². The van der Waals surface area contributed by atoms with Crippen LogP contribution in [0.2, 0.25) is 0 Å². The first-order valence-corrected chi connectivity index (χ1v) is 6.94.